The van der Waals surface area contributed by atoms with Gasteiger partial charge >= 0.3 is 11.9 Å². The van der Waals surface area contributed by atoms with Crippen molar-refractivity contribution in [2.75, 3.05) is 6.54 Å². The van der Waals surface area contributed by atoms with Crippen LogP contribution in [0.3, 0.4) is 0 Å². The van der Waals surface area contributed by atoms with Crippen LogP contribution in [0, 0.1) is 0 Å². The second-order valence-electron chi connectivity index (χ2n) is 8.91. The molecular formula is C24H34N8O7. The van der Waals surface area contributed by atoms with Crippen LogP contribution in [0.25, 0.3) is 10.9 Å². The molecule has 1 aromatic carbocycles. The normalized spacial score (nSPS) is 13.9. The van der Waals surface area contributed by atoms with E-state index in [1.165, 1.54) is 6.92 Å². The monoisotopic (exact) mass is 546 g/mol. The number of carbonyl (C=O) groups excluding carboxylic acids is 3. The molecule has 0 bridgehead atoms. The van der Waals surface area contributed by atoms with Crippen LogP contribution >= 0.6 is 0 Å². The molecule has 2 aromatic rings. The second-order valence-corrected chi connectivity index (χ2v) is 8.91. The van der Waals surface area contributed by atoms with Crippen molar-refractivity contribution in [1.82, 2.24) is 20.9 Å². The molecule has 1 heterocycles. The van der Waals surface area contributed by atoms with Crippen LogP contribution in [-0.4, -0.2) is 81.5 Å². The van der Waals surface area contributed by atoms with Crippen LogP contribution in [0.1, 0.15) is 31.7 Å². The predicted octanol–water partition coefficient (Wildman–Crippen LogP) is -1.88. The van der Waals surface area contributed by atoms with Gasteiger partial charge in [-0.25, -0.2) is 4.79 Å². The number of hydrogen-bond donors (Lipinski definition) is 9. The van der Waals surface area contributed by atoms with E-state index in [1.54, 1.807) is 6.20 Å². The fourth-order valence-corrected chi connectivity index (χ4v) is 3.73. The summed E-state index contributed by atoms with van der Waals surface area (Å²) in [6.45, 7) is 1.46. The van der Waals surface area contributed by atoms with E-state index in [4.69, 9.17) is 27.4 Å². The van der Waals surface area contributed by atoms with Crippen molar-refractivity contribution in [2.45, 2.75) is 56.8 Å². The van der Waals surface area contributed by atoms with Crippen molar-refractivity contribution >= 4 is 46.5 Å². The summed E-state index contributed by atoms with van der Waals surface area (Å²) in [6.07, 6.45) is 1.50. The van der Waals surface area contributed by atoms with E-state index >= 15 is 0 Å². The Balaban J connectivity index is 2.07. The number of carbonyl (C=O) groups is 5. The van der Waals surface area contributed by atoms with Gasteiger partial charge in [0.05, 0.1) is 12.5 Å². The molecule has 1 aromatic heterocycles. The molecule has 0 aliphatic heterocycles. The summed E-state index contributed by atoms with van der Waals surface area (Å²) < 4.78 is 0. The molecule has 12 N–H and O–H groups in total. The van der Waals surface area contributed by atoms with E-state index in [2.05, 4.69) is 25.9 Å². The molecule has 0 radical (unpaired) electrons. The number of nitrogens with zero attached hydrogens (tertiary/aromatic N) is 1. The SMILES string of the molecule is C[C@H](NC(=O)[C@H](CCCN=C(N)N)NC(=O)[C@@H](N)Cc1c[nH]c2ccccc12)C(=O)N[C@@H](CC(=O)O)C(=O)O. The molecule has 0 aliphatic carbocycles. The van der Waals surface area contributed by atoms with Gasteiger partial charge < -0.3 is 48.3 Å². The number of aliphatic carboxylic acids is 2. The molecule has 0 saturated heterocycles. The topological polar surface area (TPSA) is 268 Å². The summed E-state index contributed by atoms with van der Waals surface area (Å²) in [6, 6.07) is 2.46. The van der Waals surface area contributed by atoms with E-state index in [9.17, 15) is 24.0 Å². The largest absolute Gasteiger partial charge is 0.481 e. The van der Waals surface area contributed by atoms with E-state index in [1.807, 2.05) is 24.3 Å². The Morgan fingerprint density at radius 2 is 1.64 bits per heavy atom. The van der Waals surface area contributed by atoms with Crippen molar-refractivity contribution in [3.63, 3.8) is 0 Å². The van der Waals surface area contributed by atoms with Crippen LogP contribution in [0.15, 0.2) is 35.5 Å². The number of amides is 3. The lowest BCUT2D eigenvalue weighted by atomic mass is 10.0. The summed E-state index contributed by atoms with van der Waals surface area (Å²) in [5.41, 5.74) is 18.5. The number of hydrogen-bond acceptors (Lipinski definition) is 7. The fraction of sp³-hybridized carbons (Fsp3) is 0.417. The first-order valence-electron chi connectivity index (χ1n) is 12.1. The van der Waals surface area contributed by atoms with Crippen molar-refractivity contribution in [3.05, 3.63) is 36.0 Å². The van der Waals surface area contributed by atoms with Gasteiger partial charge in [-0.3, -0.25) is 24.2 Å². The molecule has 4 atom stereocenters. The van der Waals surface area contributed by atoms with Gasteiger partial charge in [-0.2, -0.15) is 0 Å². The molecule has 0 fully saturated rings. The molecule has 15 heteroatoms. The zero-order valence-corrected chi connectivity index (χ0v) is 21.3. The molecular weight excluding hydrogens is 512 g/mol. The van der Waals surface area contributed by atoms with Crippen LogP contribution in [0.5, 0.6) is 0 Å². The highest BCUT2D eigenvalue weighted by Crippen LogP contribution is 2.18. The summed E-state index contributed by atoms with van der Waals surface area (Å²) in [7, 11) is 0. The maximum atomic E-state index is 13.0. The average Bonchev–Trinajstić information content (AvgIpc) is 3.27. The summed E-state index contributed by atoms with van der Waals surface area (Å²) in [5, 5.41) is 25.9. The summed E-state index contributed by atoms with van der Waals surface area (Å²) in [5.74, 6) is -5.36. The number of guanidine groups is 1. The average molecular weight is 547 g/mol. The summed E-state index contributed by atoms with van der Waals surface area (Å²) >= 11 is 0. The minimum absolute atomic E-state index is 0.0965. The minimum atomic E-state index is -1.69. The quantitative estimate of drug-likeness (QED) is 0.0681. The van der Waals surface area contributed by atoms with Crippen molar-refractivity contribution in [1.29, 1.82) is 0 Å². The highest BCUT2D eigenvalue weighted by atomic mass is 16.4. The Kier molecular flexibility index (Phi) is 11.2. The van der Waals surface area contributed by atoms with Crippen LogP contribution < -0.4 is 33.2 Å². The molecule has 15 nitrogen and oxygen atoms in total. The van der Waals surface area contributed by atoms with Crippen molar-refractivity contribution < 1.29 is 34.2 Å². The van der Waals surface area contributed by atoms with E-state index in [0.717, 1.165) is 16.5 Å². The molecule has 0 aliphatic rings. The van der Waals surface area contributed by atoms with Crippen LogP contribution in [0.2, 0.25) is 0 Å². The highest BCUT2D eigenvalue weighted by molar-refractivity contribution is 5.94. The molecule has 39 heavy (non-hydrogen) atoms. The van der Waals surface area contributed by atoms with Gasteiger partial charge in [-0.15, -0.1) is 0 Å². The molecule has 0 spiro atoms. The molecule has 212 valence electrons. The third kappa shape index (κ3) is 9.62. The minimum Gasteiger partial charge on any atom is -0.481 e. The lowest BCUT2D eigenvalue weighted by Crippen LogP contribution is -2.56. The first-order valence-corrected chi connectivity index (χ1v) is 12.1. The third-order valence-corrected chi connectivity index (χ3v) is 5.78. The molecule has 2 rings (SSSR count). The first-order chi connectivity index (χ1) is 18.4. The number of H-pyrrole nitrogens is 1. The number of nitrogens with one attached hydrogen (secondary N) is 4. The Morgan fingerprint density at radius 1 is 0.974 bits per heavy atom. The molecule has 3 amide bonds. The fourth-order valence-electron chi connectivity index (χ4n) is 3.73. The van der Waals surface area contributed by atoms with Crippen molar-refractivity contribution in [3.8, 4) is 0 Å². The predicted molar refractivity (Wildman–Crippen MR) is 141 cm³/mol. The van der Waals surface area contributed by atoms with Crippen molar-refractivity contribution in [2.24, 2.45) is 22.2 Å². The van der Waals surface area contributed by atoms with Gasteiger partial charge in [0.1, 0.15) is 18.1 Å². The number of carboxylic acid groups (broad SMARTS) is 2. The lowest BCUT2D eigenvalue weighted by Gasteiger charge is -2.23. The Labute approximate surface area is 223 Å². The third-order valence-electron chi connectivity index (χ3n) is 5.78. The van der Waals surface area contributed by atoms with E-state index in [0.29, 0.717) is 6.42 Å². The Bertz CT molecular complexity index is 1220. The number of nitrogens with two attached hydrogens (primary N) is 3. The lowest BCUT2D eigenvalue weighted by molar-refractivity contribution is -0.147. The smallest absolute Gasteiger partial charge is 0.326 e. The first kappa shape index (κ1) is 30.6. The zero-order chi connectivity index (χ0) is 29.1. The molecule has 0 saturated carbocycles. The zero-order valence-electron chi connectivity index (χ0n) is 21.3. The van der Waals surface area contributed by atoms with Gasteiger partial charge in [0.2, 0.25) is 17.7 Å². The van der Waals surface area contributed by atoms with Gasteiger partial charge in [0.25, 0.3) is 0 Å². The number of rotatable bonds is 15. The highest BCUT2D eigenvalue weighted by Gasteiger charge is 2.29. The number of para-hydroxylation sites is 1. The summed E-state index contributed by atoms with van der Waals surface area (Å²) in [4.78, 5) is 67.4. The number of aromatic amines is 1. The second kappa shape index (κ2) is 14.3. The molecule has 0 unspecified atom stereocenters. The van der Waals surface area contributed by atoms with Crippen LogP contribution in [-0.2, 0) is 30.4 Å². The van der Waals surface area contributed by atoms with E-state index < -0.39 is 60.2 Å². The number of carboxylic acids is 2. The Morgan fingerprint density at radius 3 is 2.28 bits per heavy atom. The number of aromatic nitrogens is 1. The maximum absolute atomic E-state index is 13.0. The number of benzene rings is 1. The van der Waals surface area contributed by atoms with Gasteiger partial charge in [-0.05, 0) is 37.8 Å². The van der Waals surface area contributed by atoms with Gasteiger partial charge in [-0.1, -0.05) is 18.2 Å². The maximum Gasteiger partial charge on any atom is 0.326 e. The van der Waals surface area contributed by atoms with E-state index in [-0.39, 0.29) is 25.3 Å². The van der Waals surface area contributed by atoms with Gasteiger partial charge in [0, 0.05) is 23.6 Å². The number of fused-ring (bicyclic) bond motifs is 1. The number of aliphatic imine (C=N–C) groups is 1. The standard InChI is InChI=1S/C24H34N8O7/c1-12(20(35)32-18(23(38)39)10-19(33)34)30-22(37)17(7-4-8-28-24(26)27)31-21(36)15(25)9-13-11-29-16-6-3-2-5-14(13)16/h2-3,5-6,11-12,15,17-18,29H,4,7-10,25H2,1H3,(H,30,37)(H,31,36)(H,32,35)(H,33,34)(H,38,39)(H4,26,27,28)/t12-,15-,17-,18-/m0/s1. The van der Waals surface area contributed by atoms with Gasteiger partial charge in [0.15, 0.2) is 5.96 Å². The van der Waals surface area contributed by atoms with Crippen LogP contribution in [0.4, 0.5) is 0 Å². The Hall–Kier alpha value is -4.66.